The molecule has 1 atom stereocenters. The Balaban J connectivity index is 2.01. The van der Waals surface area contributed by atoms with Crippen molar-refractivity contribution in [3.8, 4) is 17.2 Å². The van der Waals surface area contributed by atoms with Crippen LogP contribution in [-0.4, -0.2) is 27.2 Å². The van der Waals surface area contributed by atoms with Crippen molar-refractivity contribution in [1.29, 1.82) is 0 Å². The summed E-state index contributed by atoms with van der Waals surface area (Å²) in [6.07, 6.45) is 0.499. The Morgan fingerprint density at radius 2 is 1.65 bits per heavy atom. The first-order valence-electron chi connectivity index (χ1n) is 7.36. The summed E-state index contributed by atoms with van der Waals surface area (Å²) >= 11 is 0. The standard InChI is InChI=1S/C18H19NO4/c1-21-11-8-16(22-2)14(17(9-11)23-3)10-13-12-6-4-5-7-15(12)19-18(13)20/h4-9,13H,10H2,1-3H3,(H,19,20)/t13-/m0/s1. The lowest BCUT2D eigenvalue weighted by Crippen LogP contribution is -2.15. The van der Waals surface area contributed by atoms with E-state index in [9.17, 15) is 4.79 Å². The molecule has 23 heavy (non-hydrogen) atoms. The molecule has 1 N–H and O–H groups in total. The van der Waals surface area contributed by atoms with Crippen molar-refractivity contribution in [3.05, 3.63) is 47.5 Å². The van der Waals surface area contributed by atoms with Gasteiger partial charge in [0.15, 0.2) is 0 Å². The zero-order chi connectivity index (χ0) is 16.4. The molecule has 0 aliphatic carbocycles. The lowest BCUT2D eigenvalue weighted by atomic mass is 9.92. The fraction of sp³-hybridized carbons (Fsp3) is 0.278. The summed E-state index contributed by atoms with van der Waals surface area (Å²) in [7, 11) is 4.79. The summed E-state index contributed by atoms with van der Waals surface area (Å²) in [5.74, 6) is 1.68. The van der Waals surface area contributed by atoms with E-state index in [1.54, 1.807) is 33.5 Å². The van der Waals surface area contributed by atoms with Crippen molar-refractivity contribution in [2.24, 2.45) is 0 Å². The second kappa shape index (κ2) is 6.20. The first-order chi connectivity index (χ1) is 11.2. The third-order valence-corrected chi connectivity index (χ3v) is 4.14. The number of hydrogen-bond donors (Lipinski definition) is 1. The maximum Gasteiger partial charge on any atom is 0.232 e. The highest BCUT2D eigenvalue weighted by Crippen LogP contribution is 2.41. The Morgan fingerprint density at radius 1 is 1.00 bits per heavy atom. The number of carbonyl (C=O) groups is 1. The van der Waals surface area contributed by atoms with E-state index in [0.29, 0.717) is 23.7 Å². The van der Waals surface area contributed by atoms with Gasteiger partial charge in [-0.1, -0.05) is 18.2 Å². The first kappa shape index (κ1) is 15.2. The van der Waals surface area contributed by atoms with Crippen molar-refractivity contribution in [2.75, 3.05) is 26.6 Å². The SMILES string of the molecule is COc1cc(OC)c(C[C@@H]2C(=O)Nc3ccccc32)c(OC)c1. The van der Waals surface area contributed by atoms with E-state index in [1.807, 2.05) is 24.3 Å². The van der Waals surface area contributed by atoms with Crippen LogP contribution >= 0.6 is 0 Å². The topological polar surface area (TPSA) is 56.8 Å². The largest absolute Gasteiger partial charge is 0.496 e. The predicted molar refractivity (Wildman–Crippen MR) is 87.6 cm³/mol. The number of carbonyl (C=O) groups excluding carboxylic acids is 1. The molecule has 3 rings (SSSR count). The van der Waals surface area contributed by atoms with Crippen LogP contribution in [0.2, 0.25) is 0 Å². The number of methoxy groups -OCH3 is 3. The van der Waals surface area contributed by atoms with Crippen molar-refractivity contribution >= 4 is 11.6 Å². The van der Waals surface area contributed by atoms with Gasteiger partial charge in [-0.2, -0.15) is 0 Å². The molecule has 120 valence electrons. The predicted octanol–water partition coefficient (Wildman–Crippen LogP) is 2.99. The van der Waals surface area contributed by atoms with Crippen molar-refractivity contribution in [1.82, 2.24) is 0 Å². The van der Waals surface area contributed by atoms with Gasteiger partial charge in [0.25, 0.3) is 0 Å². The minimum absolute atomic E-state index is 0.00822. The number of amides is 1. The highest BCUT2D eigenvalue weighted by Gasteiger charge is 2.32. The van der Waals surface area contributed by atoms with Crippen LogP contribution in [0, 0.1) is 0 Å². The lowest BCUT2D eigenvalue weighted by molar-refractivity contribution is -0.117. The summed E-state index contributed by atoms with van der Waals surface area (Å²) < 4.78 is 16.2. The molecule has 1 amide bonds. The second-order valence-corrected chi connectivity index (χ2v) is 5.34. The lowest BCUT2D eigenvalue weighted by Gasteiger charge is -2.17. The van der Waals surface area contributed by atoms with Gasteiger partial charge >= 0.3 is 0 Å². The molecule has 1 aliphatic heterocycles. The molecule has 0 spiro atoms. The molecule has 1 heterocycles. The van der Waals surface area contributed by atoms with Crippen molar-refractivity contribution in [2.45, 2.75) is 12.3 Å². The molecule has 0 fully saturated rings. The summed E-state index contributed by atoms with van der Waals surface area (Å²) in [4.78, 5) is 12.3. The van der Waals surface area contributed by atoms with Crippen LogP contribution in [0.25, 0.3) is 0 Å². The minimum atomic E-state index is -0.262. The quantitative estimate of drug-likeness (QED) is 0.922. The van der Waals surface area contributed by atoms with E-state index in [4.69, 9.17) is 14.2 Å². The van der Waals surface area contributed by atoms with Gasteiger partial charge in [0.1, 0.15) is 17.2 Å². The Hall–Kier alpha value is -2.69. The van der Waals surface area contributed by atoms with Gasteiger partial charge in [0.2, 0.25) is 5.91 Å². The maximum atomic E-state index is 12.3. The Kier molecular flexibility index (Phi) is 4.10. The highest BCUT2D eigenvalue weighted by atomic mass is 16.5. The molecule has 0 bridgehead atoms. The zero-order valence-electron chi connectivity index (χ0n) is 13.4. The summed E-state index contributed by atoms with van der Waals surface area (Å²) in [6.45, 7) is 0. The van der Waals surface area contributed by atoms with Crippen LogP contribution < -0.4 is 19.5 Å². The number of anilines is 1. The molecular weight excluding hydrogens is 294 g/mol. The monoisotopic (exact) mass is 313 g/mol. The highest BCUT2D eigenvalue weighted by molar-refractivity contribution is 6.03. The Labute approximate surface area is 135 Å². The van der Waals surface area contributed by atoms with E-state index in [-0.39, 0.29) is 11.8 Å². The van der Waals surface area contributed by atoms with Crippen molar-refractivity contribution in [3.63, 3.8) is 0 Å². The van der Waals surface area contributed by atoms with E-state index >= 15 is 0 Å². The smallest absolute Gasteiger partial charge is 0.232 e. The number of ether oxygens (including phenoxy) is 3. The van der Waals surface area contributed by atoms with Crippen molar-refractivity contribution < 1.29 is 19.0 Å². The van der Waals surface area contributed by atoms with E-state index in [2.05, 4.69) is 5.32 Å². The molecule has 0 saturated carbocycles. The van der Waals surface area contributed by atoms with Crippen LogP contribution in [0.5, 0.6) is 17.2 Å². The van der Waals surface area contributed by atoms with Gasteiger partial charge in [-0.25, -0.2) is 0 Å². The molecule has 2 aromatic carbocycles. The van der Waals surface area contributed by atoms with Gasteiger partial charge in [-0.15, -0.1) is 0 Å². The van der Waals surface area contributed by atoms with Crippen LogP contribution in [0.4, 0.5) is 5.69 Å². The van der Waals surface area contributed by atoms with Crippen LogP contribution in [0.1, 0.15) is 17.0 Å². The number of benzene rings is 2. The minimum Gasteiger partial charge on any atom is -0.496 e. The van der Waals surface area contributed by atoms with Gasteiger partial charge in [-0.05, 0) is 18.1 Å². The maximum absolute atomic E-state index is 12.3. The molecular formula is C18H19NO4. The van der Waals surface area contributed by atoms with Crippen LogP contribution in [-0.2, 0) is 11.2 Å². The molecule has 0 radical (unpaired) electrons. The number of rotatable bonds is 5. The van der Waals surface area contributed by atoms with Gasteiger partial charge in [0.05, 0.1) is 27.2 Å². The van der Waals surface area contributed by atoms with E-state index < -0.39 is 0 Å². The van der Waals surface area contributed by atoms with E-state index in [0.717, 1.165) is 16.8 Å². The fourth-order valence-corrected chi connectivity index (χ4v) is 2.96. The van der Waals surface area contributed by atoms with Gasteiger partial charge < -0.3 is 19.5 Å². The number of para-hydroxylation sites is 1. The second-order valence-electron chi connectivity index (χ2n) is 5.34. The van der Waals surface area contributed by atoms with Crippen LogP contribution in [0.15, 0.2) is 36.4 Å². The van der Waals surface area contributed by atoms with Gasteiger partial charge in [-0.3, -0.25) is 4.79 Å². The summed E-state index contributed by atoms with van der Waals surface area (Å²) in [5, 5.41) is 2.92. The molecule has 5 nitrogen and oxygen atoms in total. The average molecular weight is 313 g/mol. The number of hydrogen-bond acceptors (Lipinski definition) is 4. The average Bonchev–Trinajstić information content (AvgIpc) is 2.90. The zero-order valence-corrected chi connectivity index (χ0v) is 13.4. The summed E-state index contributed by atoms with van der Waals surface area (Å²) in [5.41, 5.74) is 2.72. The normalized spacial score (nSPS) is 15.8. The molecule has 2 aromatic rings. The molecule has 0 unspecified atom stereocenters. The number of fused-ring (bicyclic) bond motifs is 1. The third kappa shape index (κ3) is 2.70. The van der Waals surface area contributed by atoms with Crippen LogP contribution in [0.3, 0.4) is 0 Å². The molecule has 1 aliphatic rings. The first-order valence-corrected chi connectivity index (χ1v) is 7.36. The van der Waals surface area contributed by atoms with E-state index in [1.165, 1.54) is 0 Å². The fourth-order valence-electron chi connectivity index (χ4n) is 2.96. The Morgan fingerprint density at radius 3 is 2.26 bits per heavy atom. The molecule has 0 saturated heterocycles. The summed E-state index contributed by atoms with van der Waals surface area (Å²) in [6, 6.07) is 11.3. The van der Waals surface area contributed by atoms with Gasteiger partial charge in [0, 0.05) is 23.4 Å². The third-order valence-electron chi connectivity index (χ3n) is 4.14. The Bertz CT molecular complexity index is 717. The molecule has 5 heteroatoms. The molecule has 0 aromatic heterocycles. The number of nitrogens with one attached hydrogen (secondary N) is 1.